The van der Waals surface area contributed by atoms with Crippen LogP contribution >= 0.6 is 0 Å². The molecule has 2 rings (SSSR count). The van der Waals surface area contributed by atoms with Crippen LogP contribution in [0.1, 0.15) is 90.2 Å². The second-order valence-electron chi connectivity index (χ2n) is 14.1. The van der Waals surface area contributed by atoms with Crippen LogP contribution < -0.4 is 0 Å². The van der Waals surface area contributed by atoms with Crippen molar-refractivity contribution >= 4 is 24.4 Å². The van der Waals surface area contributed by atoms with Crippen molar-refractivity contribution in [1.82, 2.24) is 4.31 Å². The molecule has 0 aliphatic carbocycles. The van der Waals surface area contributed by atoms with Gasteiger partial charge in [0.1, 0.15) is 6.10 Å². The molecule has 0 spiro atoms. The Morgan fingerprint density at radius 3 is 2.02 bits per heavy atom. The smallest absolute Gasteiger partial charge is 0.421 e. The number of sulfonamides is 1. The van der Waals surface area contributed by atoms with Crippen LogP contribution in [0.3, 0.4) is 0 Å². The number of aliphatic hydroxyl groups excluding tert-OH is 1. The van der Waals surface area contributed by atoms with E-state index < -0.39 is 36.6 Å². The third-order valence-electron chi connectivity index (χ3n) is 8.11. The van der Waals surface area contributed by atoms with Crippen molar-refractivity contribution in [2.45, 2.75) is 116 Å². The highest BCUT2D eigenvalue weighted by Crippen LogP contribution is 2.38. The predicted molar refractivity (Wildman–Crippen MR) is 168 cm³/mol. The molecule has 0 aromatic heterocycles. The van der Waals surface area contributed by atoms with Gasteiger partial charge in [0.2, 0.25) is 0 Å². The quantitative estimate of drug-likeness (QED) is 0.255. The van der Waals surface area contributed by atoms with E-state index in [1.54, 1.807) is 12.1 Å². The number of aryl methyl sites for hydroxylation is 1. The third kappa shape index (κ3) is 8.66. The first kappa shape index (κ1) is 35.0. The van der Waals surface area contributed by atoms with Gasteiger partial charge >= 0.3 is 6.09 Å². The summed E-state index contributed by atoms with van der Waals surface area (Å²) in [5, 5.41) is 22.2. The van der Waals surface area contributed by atoms with Gasteiger partial charge in [-0.05, 0) is 78.1 Å². The van der Waals surface area contributed by atoms with Crippen molar-refractivity contribution in [3.05, 3.63) is 64.7 Å². The van der Waals surface area contributed by atoms with Gasteiger partial charge in [-0.15, -0.1) is 0 Å². The van der Waals surface area contributed by atoms with Gasteiger partial charge in [0, 0.05) is 6.61 Å². The minimum absolute atomic E-state index is 0.0390. The number of carboxylic acid groups (broad SMARTS) is 1. The fraction of sp³-hybridized carbons (Fsp3) is 0.594. The lowest BCUT2D eigenvalue weighted by molar-refractivity contribution is 0.0718. The van der Waals surface area contributed by atoms with E-state index in [-0.39, 0.29) is 27.7 Å². The number of hydrogen-bond acceptors (Lipinski definition) is 5. The van der Waals surface area contributed by atoms with Gasteiger partial charge in [-0.25, -0.2) is 13.2 Å². The maximum absolute atomic E-state index is 13.7. The average molecular weight is 606 g/mol. The number of nitrogens with zero attached hydrogens (tertiary/aromatic N) is 1. The summed E-state index contributed by atoms with van der Waals surface area (Å²) >= 11 is 0. The number of aliphatic hydroxyl groups is 1. The summed E-state index contributed by atoms with van der Waals surface area (Å²) in [7, 11) is -6.48. The normalized spacial score (nSPS) is 14.7. The van der Waals surface area contributed by atoms with Crippen LogP contribution in [0.5, 0.6) is 0 Å². The van der Waals surface area contributed by atoms with Crippen molar-refractivity contribution in [2.24, 2.45) is 5.92 Å². The number of carbonyl (C=O) groups is 1. The van der Waals surface area contributed by atoms with Crippen molar-refractivity contribution in [1.29, 1.82) is 0 Å². The lowest BCUT2D eigenvalue weighted by atomic mass is 9.83. The fourth-order valence-electron chi connectivity index (χ4n) is 4.50. The molecular weight excluding hydrogens is 555 g/mol. The largest absolute Gasteiger partial charge is 0.464 e. The van der Waals surface area contributed by atoms with Gasteiger partial charge in [-0.1, -0.05) is 91.3 Å². The molecule has 9 heteroatoms. The Morgan fingerprint density at radius 2 is 1.56 bits per heavy atom. The average Bonchev–Trinajstić information content (AvgIpc) is 2.81. The molecule has 0 heterocycles. The zero-order valence-corrected chi connectivity index (χ0v) is 28.6. The van der Waals surface area contributed by atoms with Crippen LogP contribution in [0.2, 0.25) is 18.1 Å². The highest BCUT2D eigenvalue weighted by Gasteiger charge is 2.41. The van der Waals surface area contributed by atoms with Gasteiger partial charge in [0.25, 0.3) is 10.0 Å². The SMILES string of the molecule is Cc1ccc(S(=O)(=O)N(C(=O)O)[C@H](CC(C)C)C(O)c2ccc(C(C)(C)C)cc2CCO[Si](C)(C)C(C)(C)C)cc1. The number of benzene rings is 2. The van der Waals surface area contributed by atoms with E-state index in [0.717, 1.165) is 16.7 Å². The van der Waals surface area contributed by atoms with E-state index in [1.807, 2.05) is 39.0 Å². The van der Waals surface area contributed by atoms with Crippen LogP contribution in [-0.4, -0.2) is 50.0 Å². The molecule has 0 aliphatic heterocycles. The Kier molecular flexibility index (Phi) is 11.1. The predicted octanol–water partition coefficient (Wildman–Crippen LogP) is 7.67. The molecule has 0 bridgehead atoms. The first-order valence-corrected chi connectivity index (χ1v) is 18.7. The second kappa shape index (κ2) is 13.0. The third-order valence-corrected chi connectivity index (χ3v) is 14.5. The molecule has 0 aliphatic rings. The minimum Gasteiger partial charge on any atom is -0.464 e. The molecule has 2 atom stereocenters. The van der Waals surface area contributed by atoms with E-state index in [2.05, 4.69) is 54.6 Å². The molecule has 2 aromatic carbocycles. The lowest BCUT2D eigenvalue weighted by Gasteiger charge is -2.36. The second-order valence-corrected chi connectivity index (χ2v) is 20.7. The molecule has 0 saturated heterocycles. The van der Waals surface area contributed by atoms with Gasteiger partial charge < -0.3 is 14.6 Å². The van der Waals surface area contributed by atoms with Gasteiger partial charge in [0.15, 0.2) is 8.32 Å². The number of hydrogen-bond donors (Lipinski definition) is 2. The molecule has 0 radical (unpaired) electrons. The molecule has 0 fully saturated rings. The highest BCUT2D eigenvalue weighted by atomic mass is 32.2. The Hall–Kier alpha value is -2.20. The topological polar surface area (TPSA) is 104 Å². The Bertz CT molecular complexity index is 1290. The van der Waals surface area contributed by atoms with E-state index in [1.165, 1.54) is 12.1 Å². The first-order chi connectivity index (χ1) is 18.6. The molecule has 7 nitrogen and oxygen atoms in total. The molecule has 1 unspecified atom stereocenters. The van der Waals surface area contributed by atoms with Crippen molar-refractivity contribution in [3.63, 3.8) is 0 Å². The fourth-order valence-corrected chi connectivity index (χ4v) is 7.02. The summed E-state index contributed by atoms with van der Waals surface area (Å²) < 4.78 is 34.3. The zero-order valence-electron chi connectivity index (χ0n) is 26.8. The molecular formula is C32H51NO6SSi. The summed E-state index contributed by atoms with van der Waals surface area (Å²) in [5.74, 6) is -0.0797. The van der Waals surface area contributed by atoms with E-state index in [4.69, 9.17) is 4.43 Å². The van der Waals surface area contributed by atoms with Crippen molar-refractivity contribution < 1.29 is 27.9 Å². The monoisotopic (exact) mass is 605 g/mol. The molecule has 230 valence electrons. The van der Waals surface area contributed by atoms with Crippen LogP contribution in [0.15, 0.2) is 47.4 Å². The summed E-state index contributed by atoms with van der Waals surface area (Å²) in [6.07, 6.45) is -2.33. The molecule has 1 amide bonds. The van der Waals surface area contributed by atoms with Crippen LogP contribution in [0.25, 0.3) is 0 Å². The van der Waals surface area contributed by atoms with Gasteiger partial charge in [0.05, 0.1) is 10.9 Å². The van der Waals surface area contributed by atoms with Crippen LogP contribution in [-0.2, 0) is 26.3 Å². The van der Waals surface area contributed by atoms with Crippen LogP contribution in [0, 0.1) is 12.8 Å². The van der Waals surface area contributed by atoms with Crippen LogP contribution in [0.4, 0.5) is 4.79 Å². The molecule has 2 aromatic rings. The summed E-state index contributed by atoms with van der Waals surface area (Å²) in [4.78, 5) is 12.5. The molecule has 0 saturated carbocycles. The number of rotatable bonds is 11. The standard InChI is InChI=1S/C32H51NO6SSi/c1-22(2)20-28(33(30(35)36)40(37,38)26-15-12-23(3)13-16-26)29(34)27-17-14-25(31(4,5)6)21-24(27)18-19-39-41(10,11)32(7,8)9/h12-17,21-22,28-29,34H,18-20H2,1-11H3,(H,35,36)/t28-,29?/m1/s1. The highest BCUT2D eigenvalue weighted by molar-refractivity contribution is 7.89. The van der Waals surface area contributed by atoms with E-state index in [9.17, 15) is 23.4 Å². The minimum atomic E-state index is -4.46. The summed E-state index contributed by atoms with van der Waals surface area (Å²) in [6.45, 7) is 23.3. The van der Waals surface area contributed by atoms with Gasteiger partial charge in [-0.2, -0.15) is 4.31 Å². The lowest BCUT2D eigenvalue weighted by Crippen LogP contribution is -2.47. The first-order valence-electron chi connectivity index (χ1n) is 14.4. The molecule has 2 N–H and O–H groups in total. The maximum Gasteiger partial charge on any atom is 0.421 e. The van der Waals surface area contributed by atoms with E-state index in [0.29, 0.717) is 22.9 Å². The van der Waals surface area contributed by atoms with Crippen molar-refractivity contribution in [3.8, 4) is 0 Å². The maximum atomic E-state index is 13.7. The van der Waals surface area contributed by atoms with Crippen molar-refractivity contribution in [2.75, 3.05) is 6.61 Å². The number of amides is 1. The zero-order chi connectivity index (χ0) is 31.6. The van der Waals surface area contributed by atoms with E-state index >= 15 is 0 Å². The Labute approximate surface area is 249 Å². The van der Waals surface area contributed by atoms with Gasteiger partial charge in [-0.3, -0.25) is 0 Å². The summed E-state index contributed by atoms with van der Waals surface area (Å²) in [6, 6.07) is 10.6. The molecule has 41 heavy (non-hydrogen) atoms. The Morgan fingerprint density at radius 1 is 1.00 bits per heavy atom. The summed E-state index contributed by atoms with van der Waals surface area (Å²) in [5.41, 5.74) is 3.12. The Balaban J connectivity index is 2.63.